The summed E-state index contributed by atoms with van der Waals surface area (Å²) in [5.41, 5.74) is 0.307. The fourth-order valence-corrected chi connectivity index (χ4v) is 3.11. The summed E-state index contributed by atoms with van der Waals surface area (Å²) in [6.45, 7) is 3.65. The van der Waals surface area contributed by atoms with Crippen molar-refractivity contribution < 1.29 is 17.4 Å². The zero-order valence-corrected chi connectivity index (χ0v) is 11.7. The fourth-order valence-electron chi connectivity index (χ4n) is 1.34. The van der Waals surface area contributed by atoms with Gasteiger partial charge in [0.15, 0.2) is 5.25 Å². The van der Waals surface area contributed by atoms with E-state index in [0.717, 1.165) is 0 Å². The molecule has 1 aromatic rings. The van der Waals surface area contributed by atoms with Crippen LogP contribution in [-0.2, 0) is 19.1 Å². The van der Waals surface area contributed by atoms with E-state index in [1.165, 1.54) is 12.1 Å². The summed E-state index contributed by atoms with van der Waals surface area (Å²) < 4.78 is 28.7. The number of rotatable bonds is 6. The van der Waals surface area contributed by atoms with E-state index in [0.29, 0.717) is 5.56 Å². The molecule has 0 amide bonds. The van der Waals surface area contributed by atoms with E-state index >= 15 is 0 Å². The van der Waals surface area contributed by atoms with Crippen LogP contribution in [0.3, 0.4) is 0 Å². The van der Waals surface area contributed by atoms with Crippen molar-refractivity contribution in [1.82, 2.24) is 0 Å². The third kappa shape index (κ3) is 4.08. The van der Waals surface area contributed by atoms with Gasteiger partial charge in [-0.05, 0) is 23.1 Å². The van der Waals surface area contributed by atoms with Gasteiger partial charge < -0.3 is 0 Å². The van der Waals surface area contributed by atoms with Gasteiger partial charge in [0.1, 0.15) is 0 Å². The average molecular weight is 291 g/mol. The Hall–Kier alpha value is -0.910. The van der Waals surface area contributed by atoms with Crippen LogP contribution in [0.25, 0.3) is 0 Å². The molecule has 18 heavy (non-hydrogen) atoms. The summed E-state index contributed by atoms with van der Waals surface area (Å²) >= 11 is 5.38. The molecule has 0 bridgehead atoms. The lowest BCUT2D eigenvalue weighted by Gasteiger charge is -2.15. The van der Waals surface area contributed by atoms with Crippen LogP contribution in [0.1, 0.15) is 24.7 Å². The normalized spacial score (nSPS) is 13.6. The first kappa shape index (κ1) is 15.1. The van der Waals surface area contributed by atoms with Crippen molar-refractivity contribution in [2.75, 3.05) is 6.61 Å². The molecule has 0 aliphatic heterocycles. The zero-order chi connectivity index (χ0) is 13.8. The minimum atomic E-state index is -4.05. The molecule has 0 aliphatic carbocycles. The predicted molar refractivity (Wildman–Crippen MR) is 69.8 cm³/mol. The Morgan fingerprint density at radius 3 is 2.28 bits per heavy atom. The van der Waals surface area contributed by atoms with Gasteiger partial charge in [0, 0.05) is 0 Å². The Labute approximate surface area is 112 Å². The fraction of sp³-hybridized carbons (Fsp3) is 0.417. The number of hydrogen-bond donors (Lipinski definition) is 0. The average Bonchev–Trinajstić information content (AvgIpc) is 2.27. The molecule has 0 radical (unpaired) electrons. The second-order valence-corrected chi connectivity index (χ2v) is 6.33. The maximum Gasteiger partial charge on any atom is 0.283 e. The standard InChI is InChI=1S/C12H15ClO4S/c1-9(2)8-17-18(15,16)11(12(13)14)10-6-4-3-5-7-10/h3-7,9,11H,8H2,1-2H3. The summed E-state index contributed by atoms with van der Waals surface area (Å²) in [7, 11) is -4.05. The largest absolute Gasteiger partial charge is 0.283 e. The lowest BCUT2D eigenvalue weighted by Crippen LogP contribution is -2.23. The van der Waals surface area contributed by atoms with Gasteiger partial charge in [-0.15, -0.1) is 0 Å². The SMILES string of the molecule is CC(C)COS(=O)(=O)C(C(=O)Cl)c1ccccc1. The Bertz CT molecular complexity index is 496. The van der Waals surface area contributed by atoms with Crippen LogP contribution in [0.4, 0.5) is 0 Å². The van der Waals surface area contributed by atoms with E-state index in [9.17, 15) is 13.2 Å². The molecule has 0 saturated heterocycles. The highest BCUT2D eigenvalue weighted by Gasteiger charge is 2.34. The third-order valence-corrected chi connectivity index (χ3v) is 4.04. The molecule has 1 aromatic carbocycles. The molecule has 0 aromatic heterocycles. The van der Waals surface area contributed by atoms with Gasteiger partial charge in [0.2, 0.25) is 5.24 Å². The number of carbonyl (C=O) groups excluding carboxylic acids is 1. The highest BCUT2D eigenvalue weighted by molar-refractivity contribution is 7.88. The molecule has 1 rings (SSSR count). The molecule has 0 N–H and O–H groups in total. The van der Waals surface area contributed by atoms with Crippen molar-refractivity contribution in [2.45, 2.75) is 19.1 Å². The molecule has 1 unspecified atom stereocenters. The zero-order valence-electron chi connectivity index (χ0n) is 10.2. The summed E-state index contributed by atoms with van der Waals surface area (Å²) in [6, 6.07) is 8.06. The molecule has 0 spiro atoms. The van der Waals surface area contributed by atoms with Gasteiger partial charge in [-0.2, -0.15) is 8.42 Å². The highest BCUT2D eigenvalue weighted by atomic mass is 35.5. The molecule has 1 atom stereocenters. The minimum absolute atomic E-state index is 0.0236. The van der Waals surface area contributed by atoms with Crippen LogP contribution < -0.4 is 0 Å². The van der Waals surface area contributed by atoms with E-state index in [-0.39, 0.29) is 12.5 Å². The van der Waals surface area contributed by atoms with Gasteiger partial charge >= 0.3 is 0 Å². The number of halogens is 1. The molecular formula is C12H15ClO4S. The topological polar surface area (TPSA) is 60.4 Å². The monoisotopic (exact) mass is 290 g/mol. The van der Waals surface area contributed by atoms with Crippen LogP contribution in [-0.4, -0.2) is 20.3 Å². The van der Waals surface area contributed by atoms with Gasteiger partial charge in [0.25, 0.3) is 10.1 Å². The Kier molecular flexibility index (Phi) is 5.31. The van der Waals surface area contributed by atoms with Crippen molar-refractivity contribution in [3.8, 4) is 0 Å². The molecule has 0 aliphatic rings. The number of hydrogen-bond acceptors (Lipinski definition) is 4. The first-order chi connectivity index (χ1) is 8.34. The highest BCUT2D eigenvalue weighted by Crippen LogP contribution is 2.26. The van der Waals surface area contributed by atoms with E-state index in [1.807, 2.05) is 13.8 Å². The van der Waals surface area contributed by atoms with Crippen molar-refractivity contribution in [2.24, 2.45) is 5.92 Å². The number of carbonyl (C=O) groups is 1. The maximum atomic E-state index is 11.9. The lowest BCUT2D eigenvalue weighted by molar-refractivity contribution is -0.111. The van der Waals surface area contributed by atoms with Gasteiger partial charge in [-0.1, -0.05) is 44.2 Å². The summed E-state index contributed by atoms with van der Waals surface area (Å²) in [4.78, 5) is 11.3. The van der Waals surface area contributed by atoms with Crippen molar-refractivity contribution in [3.05, 3.63) is 35.9 Å². The molecule has 0 heterocycles. The van der Waals surface area contributed by atoms with E-state index < -0.39 is 20.6 Å². The van der Waals surface area contributed by atoms with Crippen LogP contribution >= 0.6 is 11.6 Å². The van der Waals surface area contributed by atoms with Gasteiger partial charge in [0.05, 0.1) is 6.61 Å². The third-order valence-electron chi connectivity index (χ3n) is 2.16. The predicted octanol–water partition coefficient (Wildman–Crippen LogP) is 2.50. The van der Waals surface area contributed by atoms with Crippen molar-refractivity contribution in [1.29, 1.82) is 0 Å². The molecule has 6 heteroatoms. The first-order valence-corrected chi connectivity index (χ1v) is 7.32. The second-order valence-electron chi connectivity index (χ2n) is 4.27. The molecule has 100 valence electrons. The van der Waals surface area contributed by atoms with Crippen molar-refractivity contribution in [3.63, 3.8) is 0 Å². The van der Waals surface area contributed by atoms with Gasteiger partial charge in [-0.25, -0.2) is 0 Å². The Morgan fingerprint density at radius 1 is 1.28 bits per heavy atom. The molecule has 0 fully saturated rings. The molecule has 4 nitrogen and oxygen atoms in total. The van der Waals surface area contributed by atoms with E-state index in [2.05, 4.69) is 0 Å². The van der Waals surface area contributed by atoms with Gasteiger partial charge in [-0.3, -0.25) is 8.98 Å². The second kappa shape index (κ2) is 6.31. The molecule has 0 saturated carbocycles. The lowest BCUT2D eigenvalue weighted by atomic mass is 10.2. The van der Waals surface area contributed by atoms with E-state index in [1.54, 1.807) is 18.2 Å². The van der Waals surface area contributed by atoms with E-state index in [4.69, 9.17) is 15.8 Å². The van der Waals surface area contributed by atoms with Crippen LogP contribution in [0, 0.1) is 5.92 Å². The summed E-state index contributed by atoms with van der Waals surface area (Å²) in [5, 5.41) is -2.44. The Morgan fingerprint density at radius 2 is 1.83 bits per heavy atom. The van der Waals surface area contributed by atoms with Crippen LogP contribution in [0.5, 0.6) is 0 Å². The van der Waals surface area contributed by atoms with Crippen LogP contribution in [0.2, 0.25) is 0 Å². The minimum Gasteiger partial charge on any atom is -0.279 e. The smallest absolute Gasteiger partial charge is 0.279 e. The van der Waals surface area contributed by atoms with Crippen LogP contribution in [0.15, 0.2) is 30.3 Å². The Balaban J connectivity index is 3.03. The number of benzene rings is 1. The first-order valence-electron chi connectivity index (χ1n) is 5.47. The maximum absolute atomic E-state index is 11.9. The quantitative estimate of drug-likeness (QED) is 0.596. The molecular weight excluding hydrogens is 276 g/mol. The summed E-state index contributed by atoms with van der Waals surface area (Å²) in [6.07, 6.45) is 0. The summed E-state index contributed by atoms with van der Waals surface area (Å²) in [5.74, 6) is 0.0432. The van der Waals surface area contributed by atoms with Crippen molar-refractivity contribution >= 4 is 27.0 Å².